The highest BCUT2D eigenvalue weighted by Gasteiger charge is 2.21. The Morgan fingerprint density at radius 3 is 2.79 bits per heavy atom. The zero-order valence-corrected chi connectivity index (χ0v) is 16.0. The summed E-state index contributed by atoms with van der Waals surface area (Å²) >= 11 is 0. The van der Waals surface area contributed by atoms with Gasteiger partial charge < -0.3 is 4.40 Å². The zero-order valence-electron chi connectivity index (χ0n) is 16.0. The van der Waals surface area contributed by atoms with Gasteiger partial charge in [0.05, 0.1) is 22.6 Å². The molecule has 0 spiro atoms. The molecule has 0 saturated carbocycles. The molecule has 0 aliphatic carbocycles. The summed E-state index contributed by atoms with van der Waals surface area (Å²) in [6, 6.07) is 4.19. The van der Waals surface area contributed by atoms with Crippen LogP contribution in [0.2, 0.25) is 0 Å². The summed E-state index contributed by atoms with van der Waals surface area (Å²) < 4.78 is 2.22. The van der Waals surface area contributed by atoms with Gasteiger partial charge in [-0.15, -0.1) is 0 Å². The Hall–Kier alpha value is -3.19. The first-order valence-electron chi connectivity index (χ1n) is 9.45. The van der Waals surface area contributed by atoms with Crippen molar-refractivity contribution in [3.05, 3.63) is 71.5 Å². The van der Waals surface area contributed by atoms with Crippen molar-refractivity contribution in [2.45, 2.75) is 33.4 Å². The molecule has 0 atom stereocenters. The number of aromatic nitrogens is 6. The van der Waals surface area contributed by atoms with Crippen molar-refractivity contribution >= 4 is 5.65 Å². The van der Waals surface area contributed by atoms with Gasteiger partial charge in [-0.2, -0.15) is 0 Å². The number of pyridine rings is 1. The normalized spacial score (nSPS) is 14.4. The van der Waals surface area contributed by atoms with E-state index in [1.165, 1.54) is 23.1 Å². The molecule has 0 saturated heterocycles. The van der Waals surface area contributed by atoms with Crippen LogP contribution >= 0.6 is 0 Å². The van der Waals surface area contributed by atoms with E-state index in [2.05, 4.69) is 56.4 Å². The maximum atomic E-state index is 4.77. The Bertz CT molecular complexity index is 1150. The molecule has 7 heteroatoms. The fraction of sp³-hybridized carbons (Fsp3) is 0.286. The van der Waals surface area contributed by atoms with Crippen LogP contribution in [0, 0.1) is 13.8 Å². The Labute approximate surface area is 163 Å². The molecule has 0 radical (unpaired) electrons. The Morgan fingerprint density at radius 1 is 1.07 bits per heavy atom. The molecule has 0 unspecified atom stereocenters. The third-order valence-electron chi connectivity index (χ3n) is 5.35. The third-order valence-corrected chi connectivity index (χ3v) is 5.35. The van der Waals surface area contributed by atoms with Gasteiger partial charge in [0.15, 0.2) is 5.82 Å². The molecule has 0 amide bonds. The summed E-state index contributed by atoms with van der Waals surface area (Å²) in [6.45, 7) is 6.88. The van der Waals surface area contributed by atoms with Crippen LogP contribution in [-0.4, -0.2) is 40.8 Å². The van der Waals surface area contributed by atoms with Crippen molar-refractivity contribution in [3.8, 4) is 11.4 Å². The molecule has 5 heterocycles. The molecule has 0 fully saturated rings. The lowest BCUT2D eigenvalue weighted by molar-refractivity contribution is 0.239. The van der Waals surface area contributed by atoms with Crippen molar-refractivity contribution < 1.29 is 0 Å². The van der Waals surface area contributed by atoms with Crippen LogP contribution < -0.4 is 0 Å². The van der Waals surface area contributed by atoms with E-state index in [1.807, 2.05) is 6.20 Å². The van der Waals surface area contributed by atoms with Gasteiger partial charge in [-0.1, -0.05) is 6.07 Å². The van der Waals surface area contributed by atoms with Gasteiger partial charge in [0, 0.05) is 56.4 Å². The smallest absolute Gasteiger partial charge is 0.162 e. The van der Waals surface area contributed by atoms with Crippen molar-refractivity contribution in [2.24, 2.45) is 0 Å². The van der Waals surface area contributed by atoms with Gasteiger partial charge in [-0.3, -0.25) is 4.90 Å². The van der Waals surface area contributed by atoms with Gasteiger partial charge >= 0.3 is 0 Å². The first-order chi connectivity index (χ1) is 13.7. The highest BCUT2D eigenvalue weighted by molar-refractivity contribution is 5.52. The van der Waals surface area contributed by atoms with Crippen LogP contribution in [-0.2, 0) is 19.5 Å². The van der Waals surface area contributed by atoms with Gasteiger partial charge in [-0.25, -0.2) is 24.9 Å². The summed E-state index contributed by atoms with van der Waals surface area (Å²) in [5, 5.41) is 0. The highest BCUT2D eigenvalue weighted by Crippen LogP contribution is 2.23. The van der Waals surface area contributed by atoms with Gasteiger partial charge in [0.25, 0.3) is 0 Å². The topological polar surface area (TPSA) is 72.1 Å². The van der Waals surface area contributed by atoms with E-state index >= 15 is 0 Å². The number of nitrogens with zero attached hydrogens (tertiary/aromatic N) is 7. The minimum absolute atomic E-state index is 0.695. The molecule has 0 bridgehead atoms. The lowest BCUT2D eigenvalue weighted by Crippen LogP contribution is -2.31. The van der Waals surface area contributed by atoms with Crippen LogP contribution in [0.15, 0.2) is 43.2 Å². The van der Waals surface area contributed by atoms with E-state index in [9.17, 15) is 0 Å². The summed E-state index contributed by atoms with van der Waals surface area (Å²) in [6.07, 6.45) is 9.98. The zero-order chi connectivity index (χ0) is 19.1. The largest absolute Gasteiger partial charge is 0.302 e. The van der Waals surface area contributed by atoms with Crippen LogP contribution in [0.1, 0.15) is 28.2 Å². The van der Waals surface area contributed by atoms with Gasteiger partial charge in [-0.05, 0) is 25.5 Å². The molecule has 4 aromatic rings. The molecular weight excluding hydrogens is 350 g/mol. The van der Waals surface area contributed by atoms with Crippen molar-refractivity contribution in [2.75, 3.05) is 6.54 Å². The summed E-state index contributed by atoms with van der Waals surface area (Å²) in [5.74, 6) is 0.695. The van der Waals surface area contributed by atoms with E-state index in [0.717, 1.165) is 48.7 Å². The van der Waals surface area contributed by atoms with E-state index in [-0.39, 0.29) is 0 Å². The van der Waals surface area contributed by atoms with Gasteiger partial charge in [0.2, 0.25) is 0 Å². The summed E-state index contributed by atoms with van der Waals surface area (Å²) in [5.41, 5.74) is 7.75. The van der Waals surface area contributed by atoms with Crippen molar-refractivity contribution in [3.63, 3.8) is 0 Å². The Kier molecular flexibility index (Phi) is 4.09. The molecule has 5 rings (SSSR count). The fourth-order valence-corrected chi connectivity index (χ4v) is 3.83. The third kappa shape index (κ3) is 2.93. The number of rotatable bonds is 3. The predicted octanol–water partition coefficient (Wildman–Crippen LogP) is 2.76. The van der Waals surface area contributed by atoms with E-state index in [4.69, 9.17) is 9.97 Å². The molecule has 1 aliphatic heterocycles. The molecule has 4 aromatic heterocycles. The summed E-state index contributed by atoms with van der Waals surface area (Å²) in [4.78, 5) is 24.6. The monoisotopic (exact) mass is 371 g/mol. The highest BCUT2D eigenvalue weighted by atomic mass is 15.2. The molecule has 140 valence electrons. The number of imidazole rings is 1. The van der Waals surface area contributed by atoms with Crippen LogP contribution in [0.25, 0.3) is 17.0 Å². The fourth-order valence-electron chi connectivity index (χ4n) is 3.83. The maximum Gasteiger partial charge on any atom is 0.162 e. The summed E-state index contributed by atoms with van der Waals surface area (Å²) in [7, 11) is 0. The number of hydrogen-bond donors (Lipinski definition) is 0. The van der Waals surface area contributed by atoms with Gasteiger partial charge in [0.1, 0.15) is 12.0 Å². The van der Waals surface area contributed by atoms with E-state index < -0.39 is 0 Å². The molecule has 28 heavy (non-hydrogen) atoms. The SMILES string of the molecule is Cc1nc2c(C)cccn2c1CN1CCc2nc(-c3cncnc3)ncc2C1. The Balaban J connectivity index is 1.40. The second-order valence-electron chi connectivity index (χ2n) is 7.28. The Morgan fingerprint density at radius 2 is 1.93 bits per heavy atom. The van der Waals surface area contributed by atoms with Crippen molar-refractivity contribution in [1.82, 2.24) is 34.2 Å². The number of fused-ring (bicyclic) bond motifs is 2. The standard InChI is InChI=1S/C21H21N7/c1-14-4-3-6-28-19(15(2)25-21(14)28)12-27-7-5-18-17(11-27)10-24-20(26-18)16-8-22-13-23-9-16/h3-4,6,8-10,13H,5,7,11-12H2,1-2H3. The average molecular weight is 371 g/mol. The average Bonchev–Trinajstić information content (AvgIpc) is 3.05. The lowest BCUT2D eigenvalue weighted by atomic mass is 10.1. The first-order valence-corrected chi connectivity index (χ1v) is 9.45. The van der Waals surface area contributed by atoms with E-state index in [0.29, 0.717) is 5.82 Å². The maximum absolute atomic E-state index is 4.77. The van der Waals surface area contributed by atoms with Crippen molar-refractivity contribution in [1.29, 1.82) is 0 Å². The number of hydrogen-bond acceptors (Lipinski definition) is 6. The predicted molar refractivity (Wildman–Crippen MR) is 106 cm³/mol. The number of aryl methyl sites for hydroxylation is 2. The molecule has 7 nitrogen and oxygen atoms in total. The minimum atomic E-state index is 0.695. The van der Waals surface area contributed by atoms with Crippen LogP contribution in [0.3, 0.4) is 0 Å². The molecule has 0 aromatic carbocycles. The van der Waals surface area contributed by atoms with Crippen LogP contribution in [0.4, 0.5) is 0 Å². The van der Waals surface area contributed by atoms with Crippen LogP contribution in [0.5, 0.6) is 0 Å². The lowest BCUT2D eigenvalue weighted by Gasteiger charge is -2.28. The first kappa shape index (κ1) is 16.9. The molecular formula is C21H21N7. The second kappa shape index (κ2) is 6.76. The molecule has 0 N–H and O–H groups in total. The minimum Gasteiger partial charge on any atom is -0.302 e. The second-order valence-corrected chi connectivity index (χ2v) is 7.28. The van der Waals surface area contributed by atoms with E-state index in [1.54, 1.807) is 12.4 Å². The molecule has 1 aliphatic rings. The quantitative estimate of drug-likeness (QED) is 0.551.